The highest BCUT2D eigenvalue weighted by atomic mass is 16.1. The fraction of sp³-hybridized carbons (Fsp3) is 0.227. The Balaban J connectivity index is 0. The van der Waals surface area contributed by atoms with Gasteiger partial charge in [-0.3, -0.25) is 19.6 Å². The first-order valence-electron chi connectivity index (χ1n) is 8.60. The number of benzene rings is 1. The fourth-order valence-electron chi connectivity index (χ4n) is 1.92. The van der Waals surface area contributed by atoms with E-state index in [0.717, 1.165) is 23.1 Å². The van der Waals surface area contributed by atoms with Gasteiger partial charge in [0.05, 0.1) is 12.2 Å². The van der Waals surface area contributed by atoms with Crippen LogP contribution < -0.4 is 5.32 Å². The van der Waals surface area contributed by atoms with Crippen LogP contribution >= 0.6 is 0 Å². The number of pyridine rings is 1. The van der Waals surface area contributed by atoms with Gasteiger partial charge < -0.3 is 10.1 Å². The van der Waals surface area contributed by atoms with Gasteiger partial charge in [0.2, 0.25) is 0 Å². The van der Waals surface area contributed by atoms with E-state index in [0.29, 0.717) is 12.3 Å². The van der Waals surface area contributed by atoms with E-state index in [9.17, 15) is 9.59 Å². The van der Waals surface area contributed by atoms with Crippen LogP contribution in [0.5, 0.6) is 0 Å². The molecule has 1 amide bonds. The van der Waals surface area contributed by atoms with Crippen LogP contribution in [0.4, 0.5) is 0 Å². The minimum atomic E-state index is -0.187. The summed E-state index contributed by atoms with van der Waals surface area (Å²) in [7, 11) is 1.60. The van der Waals surface area contributed by atoms with E-state index in [2.05, 4.69) is 15.3 Å². The number of hydrogen-bond donors (Lipinski definition) is 1. The van der Waals surface area contributed by atoms with Crippen LogP contribution in [0.1, 0.15) is 35.5 Å². The second-order valence-corrected chi connectivity index (χ2v) is 5.65. The third-order valence-corrected chi connectivity index (χ3v) is 3.41. The molecule has 0 radical (unpaired) electrons. The number of allylic oxidation sites excluding steroid dienone is 1. The lowest BCUT2D eigenvalue weighted by Gasteiger charge is -2.04. The van der Waals surface area contributed by atoms with Gasteiger partial charge in [0.1, 0.15) is 18.8 Å². The molecule has 0 spiro atoms. The zero-order chi connectivity index (χ0) is 21.4. The first-order chi connectivity index (χ1) is 13.5. The zero-order valence-electron chi connectivity index (χ0n) is 16.8. The summed E-state index contributed by atoms with van der Waals surface area (Å²) in [5.74, 6) is -0.187. The quantitative estimate of drug-likeness (QED) is 0.632. The number of carbonyl (C=O) groups excluding carboxylic acids is 3. The van der Waals surface area contributed by atoms with E-state index in [1.54, 1.807) is 25.4 Å². The number of aromatic nitrogens is 1. The van der Waals surface area contributed by atoms with E-state index < -0.39 is 0 Å². The Labute approximate surface area is 167 Å². The molecule has 150 valence electrons. The van der Waals surface area contributed by atoms with Crippen molar-refractivity contribution in [3.05, 3.63) is 77.1 Å². The molecule has 1 aromatic carbocycles. The van der Waals surface area contributed by atoms with Crippen LogP contribution in [0.2, 0.25) is 0 Å². The maximum absolute atomic E-state index is 11.7. The first-order valence-corrected chi connectivity index (χ1v) is 8.60. The molecule has 6 heteroatoms. The molecule has 28 heavy (non-hydrogen) atoms. The SMILES string of the molecule is C/C=C\C(=NC)C(=O)NCc1ccc(C)cn1.C=O.Cc1ccc(C=O)cc1.[HH]. The molecule has 6 nitrogen and oxygen atoms in total. The number of hydrogen-bond acceptors (Lipinski definition) is 5. The summed E-state index contributed by atoms with van der Waals surface area (Å²) in [6.07, 6.45) is 6.09. The monoisotopic (exact) mass is 383 g/mol. The van der Waals surface area contributed by atoms with Crippen molar-refractivity contribution < 1.29 is 15.8 Å². The number of nitrogens with one attached hydrogen (secondary N) is 1. The Morgan fingerprint density at radius 3 is 2.21 bits per heavy atom. The van der Waals surface area contributed by atoms with Gasteiger partial charge in [-0.1, -0.05) is 42.0 Å². The van der Waals surface area contributed by atoms with E-state index >= 15 is 0 Å². The molecule has 0 saturated heterocycles. The molecule has 0 aliphatic carbocycles. The molecule has 1 aromatic heterocycles. The minimum Gasteiger partial charge on any atom is -0.345 e. The van der Waals surface area contributed by atoms with Crippen molar-refractivity contribution in [2.24, 2.45) is 4.99 Å². The molecule has 0 fully saturated rings. The molecule has 2 rings (SSSR count). The van der Waals surface area contributed by atoms with Crippen LogP contribution in [0.25, 0.3) is 0 Å². The normalized spacial score (nSPS) is 10.2. The van der Waals surface area contributed by atoms with Gasteiger partial charge in [0, 0.05) is 20.2 Å². The number of aryl methyl sites for hydroxylation is 2. The third-order valence-electron chi connectivity index (χ3n) is 3.41. The van der Waals surface area contributed by atoms with Crippen molar-refractivity contribution in [1.29, 1.82) is 0 Å². The first kappa shape index (κ1) is 24.6. The number of aldehydes is 1. The molecule has 2 aromatic rings. The Hall–Kier alpha value is -3.41. The van der Waals surface area contributed by atoms with Gasteiger partial charge in [-0.2, -0.15) is 0 Å². The van der Waals surface area contributed by atoms with E-state index in [-0.39, 0.29) is 7.33 Å². The number of nitrogens with zero attached hydrogens (tertiary/aromatic N) is 2. The summed E-state index contributed by atoms with van der Waals surface area (Å²) in [4.78, 5) is 37.9. The predicted octanol–water partition coefficient (Wildman–Crippen LogP) is 3.52. The summed E-state index contributed by atoms with van der Waals surface area (Å²) in [6, 6.07) is 11.3. The van der Waals surface area contributed by atoms with Crippen molar-refractivity contribution in [3.8, 4) is 0 Å². The smallest absolute Gasteiger partial charge is 0.269 e. The highest BCUT2D eigenvalue weighted by molar-refractivity contribution is 6.43. The van der Waals surface area contributed by atoms with Gasteiger partial charge in [-0.25, -0.2) is 0 Å². The van der Waals surface area contributed by atoms with Crippen molar-refractivity contribution in [3.63, 3.8) is 0 Å². The van der Waals surface area contributed by atoms with E-state index in [1.165, 1.54) is 5.56 Å². The highest BCUT2D eigenvalue weighted by Crippen LogP contribution is 1.99. The standard InChI is InChI=1S/C13H17N3O.C8H8O.CH2O.H2/c1-4-5-12(14-3)13(17)16-9-11-7-6-10(2)8-15-11;1-7-2-4-8(6-9)5-3-7;1-2;/h4-8H,9H2,1-3H3,(H,16,17);2-6H,1H3;1H2;1H/b5-4-,14-12?;;;. The molecular formula is C22H29N3O3. The molecule has 0 bridgehead atoms. The Bertz CT molecular complexity index is 786. The van der Waals surface area contributed by atoms with E-state index in [4.69, 9.17) is 4.79 Å². The number of amides is 1. The van der Waals surface area contributed by atoms with Crippen LogP contribution in [-0.2, 0) is 16.1 Å². The van der Waals surface area contributed by atoms with Gasteiger partial charge in [0.15, 0.2) is 0 Å². The predicted molar refractivity (Wildman–Crippen MR) is 115 cm³/mol. The molecule has 0 atom stereocenters. The lowest BCUT2D eigenvalue weighted by atomic mass is 10.2. The Morgan fingerprint density at radius 2 is 1.75 bits per heavy atom. The number of carbonyl (C=O) groups is 3. The molecule has 1 N–H and O–H groups in total. The van der Waals surface area contributed by atoms with Crippen molar-refractivity contribution in [1.82, 2.24) is 10.3 Å². The average molecular weight is 383 g/mol. The minimum absolute atomic E-state index is 0. The molecule has 0 aliphatic heterocycles. The second kappa shape index (κ2) is 14.7. The van der Waals surface area contributed by atoms with Crippen LogP contribution in [0, 0.1) is 13.8 Å². The molecule has 1 heterocycles. The van der Waals surface area contributed by atoms with Crippen molar-refractivity contribution in [2.45, 2.75) is 27.3 Å². The molecule has 0 aliphatic rings. The third kappa shape index (κ3) is 9.91. The van der Waals surface area contributed by atoms with Crippen molar-refractivity contribution >= 4 is 24.7 Å². The highest BCUT2D eigenvalue weighted by Gasteiger charge is 2.06. The summed E-state index contributed by atoms with van der Waals surface area (Å²) in [5, 5.41) is 2.77. The lowest BCUT2D eigenvalue weighted by molar-refractivity contribution is -0.114. The average Bonchev–Trinajstić information content (AvgIpc) is 2.74. The van der Waals surface area contributed by atoms with Gasteiger partial charge in [-0.05, 0) is 38.5 Å². The maximum Gasteiger partial charge on any atom is 0.269 e. The zero-order valence-corrected chi connectivity index (χ0v) is 16.8. The number of aliphatic imine (C=N–C) groups is 1. The Kier molecular flexibility index (Phi) is 12.9. The molecule has 0 unspecified atom stereocenters. The Morgan fingerprint density at radius 1 is 1.14 bits per heavy atom. The molecule has 0 saturated carbocycles. The summed E-state index contributed by atoms with van der Waals surface area (Å²) >= 11 is 0. The lowest BCUT2D eigenvalue weighted by Crippen LogP contribution is -2.29. The second-order valence-electron chi connectivity index (χ2n) is 5.65. The van der Waals surface area contributed by atoms with Crippen LogP contribution in [0.15, 0.2) is 59.7 Å². The van der Waals surface area contributed by atoms with E-state index in [1.807, 2.05) is 64.0 Å². The van der Waals surface area contributed by atoms with Gasteiger partial charge >= 0.3 is 0 Å². The van der Waals surface area contributed by atoms with Crippen LogP contribution in [-0.4, -0.2) is 36.7 Å². The largest absolute Gasteiger partial charge is 0.345 e. The van der Waals surface area contributed by atoms with Gasteiger partial charge in [0.25, 0.3) is 5.91 Å². The molecular weight excluding hydrogens is 354 g/mol. The number of rotatable bonds is 5. The maximum atomic E-state index is 11.7. The summed E-state index contributed by atoms with van der Waals surface area (Å²) < 4.78 is 0. The van der Waals surface area contributed by atoms with Crippen molar-refractivity contribution in [2.75, 3.05) is 7.05 Å². The summed E-state index contributed by atoms with van der Waals surface area (Å²) in [5.41, 5.74) is 4.27. The fourth-order valence-corrected chi connectivity index (χ4v) is 1.92. The summed E-state index contributed by atoms with van der Waals surface area (Å²) in [6.45, 7) is 8.23. The van der Waals surface area contributed by atoms with Gasteiger partial charge in [-0.15, -0.1) is 0 Å². The topological polar surface area (TPSA) is 88.5 Å². The van der Waals surface area contributed by atoms with Crippen LogP contribution in [0.3, 0.4) is 0 Å².